The molecule has 0 radical (unpaired) electrons. The first-order valence-corrected chi connectivity index (χ1v) is 8.60. The number of hydrogen-bond donors (Lipinski definition) is 2. The molecular formula is C15H17N5O2S. The molecule has 3 rings (SSSR count). The van der Waals surface area contributed by atoms with Crippen molar-refractivity contribution in [1.29, 1.82) is 0 Å². The Morgan fingerprint density at radius 1 is 1.09 bits per heavy atom. The van der Waals surface area contributed by atoms with Crippen LogP contribution in [0, 0.1) is 0 Å². The monoisotopic (exact) mass is 331 g/mol. The van der Waals surface area contributed by atoms with E-state index in [9.17, 15) is 8.42 Å². The van der Waals surface area contributed by atoms with Crippen LogP contribution in [0.5, 0.6) is 0 Å². The summed E-state index contributed by atoms with van der Waals surface area (Å²) in [4.78, 5) is 8.36. The quantitative estimate of drug-likeness (QED) is 0.755. The van der Waals surface area contributed by atoms with Crippen LogP contribution in [-0.2, 0) is 9.84 Å². The van der Waals surface area contributed by atoms with E-state index < -0.39 is 15.1 Å². The SMILES string of the molecule is CC(C)S(=O)(=O)c1ccccc1-n1ccc2c(N)nc(N)nc21. The van der Waals surface area contributed by atoms with Crippen molar-refractivity contribution in [2.75, 3.05) is 11.5 Å². The van der Waals surface area contributed by atoms with Crippen molar-refractivity contribution in [3.8, 4) is 5.69 Å². The number of sulfone groups is 1. The normalized spacial score (nSPS) is 12.1. The summed E-state index contributed by atoms with van der Waals surface area (Å²) in [6.45, 7) is 3.30. The average molecular weight is 331 g/mol. The van der Waals surface area contributed by atoms with Crippen molar-refractivity contribution < 1.29 is 8.42 Å². The lowest BCUT2D eigenvalue weighted by atomic mass is 10.3. The van der Waals surface area contributed by atoms with E-state index in [2.05, 4.69) is 9.97 Å². The second-order valence-electron chi connectivity index (χ2n) is 5.45. The molecule has 0 fully saturated rings. The number of nitrogens with two attached hydrogens (primary N) is 2. The molecule has 0 aliphatic rings. The van der Waals surface area contributed by atoms with E-state index >= 15 is 0 Å². The third-order valence-corrected chi connectivity index (χ3v) is 5.84. The highest BCUT2D eigenvalue weighted by Crippen LogP contribution is 2.28. The lowest BCUT2D eigenvalue weighted by Gasteiger charge is -2.14. The van der Waals surface area contributed by atoms with Gasteiger partial charge in [0.15, 0.2) is 15.5 Å². The van der Waals surface area contributed by atoms with Crippen LogP contribution in [0.1, 0.15) is 13.8 Å². The number of nitrogens with zero attached hydrogens (tertiary/aromatic N) is 3. The van der Waals surface area contributed by atoms with Crippen molar-refractivity contribution >= 4 is 32.6 Å². The minimum atomic E-state index is -3.45. The molecule has 0 bridgehead atoms. The number of rotatable bonds is 3. The largest absolute Gasteiger partial charge is 0.383 e. The number of aromatic nitrogens is 3. The molecule has 0 unspecified atom stereocenters. The lowest BCUT2D eigenvalue weighted by molar-refractivity contribution is 0.587. The fourth-order valence-electron chi connectivity index (χ4n) is 2.40. The Morgan fingerprint density at radius 3 is 2.48 bits per heavy atom. The minimum absolute atomic E-state index is 0.0409. The maximum absolute atomic E-state index is 12.6. The van der Waals surface area contributed by atoms with Crippen LogP contribution in [0.3, 0.4) is 0 Å². The molecule has 2 aromatic heterocycles. The van der Waals surface area contributed by atoms with E-state index in [0.717, 1.165) is 0 Å². The van der Waals surface area contributed by atoms with Gasteiger partial charge in [0.2, 0.25) is 5.95 Å². The summed E-state index contributed by atoms with van der Waals surface area (Å²) in [7, 11) is -3.45. The number of anilines is 2. The van der Waals surface area contributed by atoms with Gasteiger partial charge in [-0.05, 0) is 32.0 Å². The second-order valence-corrected chi connectivity index (χ2v) is 7.92. The zero-order valence-electron chi connectivity index (χ0n) is 12.8. The molecule has 3 aromatic rings. The Morgan fingerprint density at radius 2 is 1.78 bits per heavy atom. The first-order valence-electron chi connectivity index (χ1n) is 7.05. The highest BCUT2D eigenvalue weighted by Gasteiger charge is 2.24. The summed E-state index contributed by atoms with van der Waals surface area (Å²) in [5.74, 6) is 0.301. The molecule has 0 aliphatic heterocycles. The molecule has 0 saturated carbocycles. The van der Waals surface area contributed by atoms with Gasteiger partial charge in [0.05, 0.1) is 21.2 Å². The molecule has 0 aliphatic carbocycles. The van der Waals surface area contributed by atoms with Crippen LogP contribution in [-0.4, -0.2) is 28.2 Å². The average Bonchev–Trinajstić information content (AvgIpc) is 2.91. The minimum Gasteiger partial charge on any atom is -0.383 e. The summed E-state index contributed by atoms with van der Waals surface area (Å²) in [6.07, 6.45) is 1.71. The third-order valence-electron chi connectivity index (χ3n) is 3.64. The van der Waals surface area contributed by atoms with Gasteiger partial charge < -0.3 is 11.5 Å². The van der Waals surface area contributed by atoms with Crippen LogP contribution < -0.4 is 11.5 Å². The Labute approximate surface area is 133 Å². The molecule has 0 spiro atoms. The van der Waals surface area contributed by atoms with Gasteiger partial charge in [0.1, 0.15) is 5.82 Å². The summed E-state index contributed by atoms with van der Waals surface area (Å²) >= 11 is 0. The molecule has 0 saturated heterocycles. The number of para-hydroxylation sites is 1. The topological polar surface area (TPSA) is 117 Å². The smallest absolute Gasteiger partial charge is 0.224 e. The molecule has 120 valence electrons. The Bertz CT molecular complexity index is 992. The van der Waals surface area contributed by atoms with Gasteiger partial charge in [0.25, 0.3) is 0 Å². The van der Waals surface area contributed by atoms with Crippen LogP contribution in [0.25, 0.3) is 16.7 Å². The lowest BCUT2D eigenvalue weighted by Crippen LogP contribution is -2.16. The number of fused-ring (bicyclic) bond motifs is 1. The van der Waals surface area contributed by atoms with Gasteiger partial charge in [0, 0.05) is 6.20 Å². The second kappa shape index (κ2) is 5.24. The van der Waals surface area contributed by atoms with Crippen LogP contribution in [0.4, 0.5) is 11.8 Å². The maximum atomic E-state index is 12.6. The van der Waals surface area contributed by atoms with E-state index in [1.165, 1.54) is 0 Å². The number of hydrogen-bond acceptors (Lipinski definition) is 6. The van der Waals surface area contributed by atoms with E-state index in [1.54, 1.807) is 54.9 Å². The van der Waals surface area contributed by atoms with E-state index in [0.29, 0.717) is 16.7 Å². The molecule has 2 heterocycles. The zero-order chi connectivity index (χ0) is 16.8. The van der Waals surface area contributed by atoms with Crippen LogP contribution in [0.15, 0.2) is 41.4 Å². The molecule has 0 amide bonds. The fraction of sp³-hybridized carbons (Fsp3) is 0.200. The molecule has 1 aromatic carbocycles. The van der Waals surface area contributed by atoms with Gasteiger partial charge in [-0.2, -0.15) is 9.97 Å². The zero-order valence-corrected chi connectivity index (χ0v) is 13.6. The third kappa shape index (κ3) is 2.40. The first-order chi connectivity index (χ1) is 10.8. The van der Waals surface area contributed by atoms with Crippen LogP contribution in [0.2, 0.25) is 0 Å². The van der Waals surface area contributed by atoms with Crippen molar-refractivity contribution in [2.45, 2.75) is 24.0 Å². The Kier molecular flexibility index (Phi) is 3.48. The number of nitrogen functional groups attached to an aromatic ring is 2. The summed E-state index contributed by atoms with van der Waals surface area (Å²) in [5, 5.41) is 0.0891. The van der Waals surface area contributed by atoms with Crippen molar-refractivity contribution in [3.63, 3.8) is 0 Å². The Balaban J connectivity index is 2.34. The molecule has 0 atom stereocenters. The fourth-order valence-corrected chi connectivity index (χ4v) is 3.63. The van der Waals surface area contributed by atoms with Gasteiger partial charge in [-0.25, -0.2) is 8.42 Å². The van der Waals surface area contributed by atoms with E-state index in [1.807, 2.05) is 0 Å². The standard InChI is InChI=1S/C15H17N5O2S/c1-9(2)23(21,22)12-6-4-3-5-11(12)20-8-7-10-13(16)18-15(17)19-14(10)20/h3-9H,1-2H3,(H4,16,17,18,19). The highest BCUT2D eigenvalue weighted by molar-refractivity contribution is 7.92. The molecule has 23 heavy (non-hydrogen) atoms. The number of benzene rings is 1. The van der Waals surface area contributed by atoms with Crippen LogP contribution >= 0.6 is 0 Å². The predicted molar refractivity (Wildman–Crippen MR) is 90.0 cm³/mol. The van der Waals surface area contributed by atoms with E-state index in [4.69, 9.17) is 11.5 Å². The molecular weight excluding hydrogens is 314 g/mol. The summed E-state index contributed by atoms with van der Waals surface area (Å²) < 4.78 is 26.9. The Hall–Kier alpha value is -2.61. The predicted octanol–water partition coefficient (Wildman–Crippen LogP) is 1.77. The summed E-state index contributed by atoms with van der Waals surface area (Å²) in [6, 6.07) is 8.52. The molecule has 4 N–H and O–H groups in total. The summed E-state index contributed by atoms with van der Waals surface area (Å²) in [5.41, 5.74) is 12.5. The van der Waals surface area contributed by atoms with Crippen molar-refractivity contribution in [1.82, 2.24) is 14.5 Å². The van der Waals surface area contributed by atoms with Gasteiger partial charge >= 0.3 is 0 Å². The first kappa shape index (κ1) is 15.3. The van der Waals surface area contributed by atoms with Gasteiger partial charge in [-0.3, -0.25) is 4.57 Å². The van der Waals surface area contributed by atoms with Crippen molar-refractivity contribution in [3.05, 3.63) is 36.5 Å². The van der Waals surface area contributed by atoms with Gasteiger partial charge in [-0.1, -0.05) is 12.1 Å². The van der Waals surface area contributed by atoms with Gasteiger partial charge in [-0.15, -0.1) is 0 Å². The van der Waals surface area contributed by atoms with Crippen molar-refractivity contribution in [2.24, 2.45) is 0 Å². The molecule has 8 heteroatoms. The van der Waals surface area contributed by atoms with E-state index in [-0.39, 0.29) is 16.7 Å². The molecule has 7 nitrogen and oxygen atoms in total. The maximum Gasteiger partial charge on any atom is 0.224 e. The highest BCUT2D eigenvalue weighted by atomic mass is 32.2.